The van der Waals surface area contributed by atoms with E-state index in [1.165, 1.54) is 10.9 Å². The van der Waals surface area contributed by atoms with E-state index < -0.39 is 37.3 Å². The molecule has 1 fully saturated rings. The molecule has 10 nitrogen and oxygen atoms in total. The first-order valence-electron chi connectivity index (χ1n) is 6.40. The van der Waals surface area contributed by atoms with E-state index in [1.807, 2.05) is 0 Å². The fourth-order valence-corrected chi connectivity index (χ4v) is 2.55. The topological polar surface area (TPSA) is 166 Å². The molecule has 7 N–H and O–H groups in total. The molecule has 0 saturated carbocycles. The van der Waals surface area contributed by atoms with E-state index >= 15 is 0 Å². The van der Waals surface area contributed by atoms with Gasteiger partial charge in [-0.3, -0.25) is 4.57 Å². The maximum Gasteiger partial charge on any atom is 0.224 e. The van der Waals surface area contributed by atoms with Crippen LogP contribution in [0.15, 0.2) is 6.33 Å². The van der Waals surface area contributed by atoms with Crippen LogP contribution in [0.3, 0.4) is 0 Å². The van der Waals surface area contributed by atoms with Gasteiger partial charge in [-0.1, -0.05) is 0 Å². The molecule has 4 atom stereocenters. The highest BCUT2D eigenvalue weighted by Gasteiger charge is 2.56. The van der Waals surface area contributed by atoms with E-state index in [1.54, 1.807) is 0 Å². The maximum atomic E-state index is 13.4. The molecule has 120 valence electrons. The zero-order chi connectivity index (χ0) is 16.1. The lowest BCUT2D eigenvalue weighted by Crippen LogP contribution is -2.48. The van der Waals surface area contributed by atoms with Crippen molar-refractivity contribution in [3.63, 3.8) is 0 Å². The predicted molar refractivity (Wildman–Crippen MR) is 72.1 cm³/mol. The number of alkyl halides is 1. The van der Waals surface area contributed by atoms with Gasteiger partial charge in [0.15, 0.2) is 23.3 Å². The number of imidazole rings is 1. The number of nitrogens with zero attached hydrogens (tertiary/aromatic N) is 4. The summed E-state index contributed by atoms with van der Waals surface area (Å²) < 4.78 is 19.9. The van der Waals surface area contributed by atoms with Crippen LogP contribution >= 0.6 is 0 Å². The van der Waals surface area contributed by atoms with Gasteiger partial charge in [0.25, 0.3) is 0 Å². The Bertz CT molecular complexity index is 711. The van der Waals surface area contributed by atoms with Gasteiger partial charge in [0.05, 0.1) is 12.9 Å². The summed E-state index contributed by atoms with van der Waals surface area (Å²) in [5, 5.41) is 29.5. The van der Waals surface area contributed by atoms with Crippen molar-refractivity contribution in [2.24, 2.45) is 0 Å². The standard InChI is InChI=1S/C11H15FN6O4/c12-2-11(21)6(20)4(1-19)22-9(11)18-3-15-5-7(13)16-10(14)17-8(5)18/h3-4,6,9,19-21H,1-2H2,(H4,13,14,16,17)/t4-,6-,9?,11-/m1/s1. The molecule has 3 heterocycles. The van der Waals surface area contributed by atoms with Crippen LogP contribution in [0.1, 0.15) is 6.23 Å². The van der Waals surface area contributed by atoms with Crippen LogP contribution in [0.25, 0.3) is 11.2 Å². The van der Waals surface area contributed by atoms with E-state index in [4.69, 9.17) is 16.2 Å². The van der Waals surface area contributed by atoms with Crippen LogP contribution in [0, 0.1) is 0 Å². The van der Waals surface area contributed by atoms with Gasteiger partial charge in [-0.25, -0.2) is 9.37 Å². The number of fused-ring (bicyclic) bond motifs is 1. The SMILES string of the molecule is Nc1nc(N)c2ncn(C3O[C@H](CO)[C@@H](O)[C@]3(O)CF)c2n1. The van der Waals surface area contributed by atoms with E-state index in [0.29, 0.717) is 0 Å². The van der Waals surface area contributed by atoms with Gasteiger partial charge in [-0.05, 0) is 0 Å². The molecule has 1 aliphatic rings. The summed E-state index contributed by atoms with van der Waals surface area (Å²) in [4.78, 5) is 11.7. The average Bonchev–Trinajstić information content (AvgIpc) is 3.00. The minimum absolute atomic E-state index is 0.0160. The van der Waals surface area contributed by atoms with E-state index in [-0.39, 0.29) is 22.9 Å². The highest BCUT2D eigenvalue weighted by Crippen LogP contribution is 2.40. The number of aromatic nitrogens is 4. The lowest BCUT2D eigenvalue weighted by molar-refractivity contribution is -0.118. The number of hydrogen-bond donors (Lipinski definition) is 5. The van der Waals surface area contributed by atoms with Crippen LogP contribution in [0.2, 0.25) is 0 Å². The van der Waals surface area contributed by atoms with Crippen molar-refractivity contribution in [3.8, 4) is 0 Å². The minimum atomic E-state index is -2.27. The first-order valence-corrected chi connectivity index (χ1v) is 6.40. The highest BCUT2D eigenvalue weighted by atomic mass is 19.1. The molecule has 0 aromatic carbocycles. The summed E-state index contributed by atoms with van der Waals surface area (Å²) in [5.41, 5.74) is 9.24. The summed E-state index contributed by atoms with van der Waals surface area (Å²) in [6, 6.07) is 0. The van der Waals surface area contributed by atoms with Crippen LogP contribution in [0.4, 0.5) is 16.2 Å². The number of hydrogen-bond acceptors (Lipinski definition) is 9. The molecule has 1 aliphatic heterocycles. The number of anilines is 2. The molecule has 3 rings (SSSR count). The van der Waals surface area contributed by atoms with Crippen molar-refractivity contribution in [1.29, 1.82) is 0 Å². The normalized spacial score (nSPS) is 31.9. The first kappa shape index (κ1) is 14.8. The summed E-state index contributed by atoms with van der Waals surface area (Å²) in [7, 11) is 0. The minimum Gasteiger partial charge on any atom is -0.394 e. The van der Waals surface area contributed by atoms with Crippen LogP contribution in [0.5, 0.6) is 0 Å². The van der Waals surface area contributed by atoms with Gasteiger partial charge < -0.3 is 31.5 Å². The third-order valence-electron chi connectivity index (χ3n) is 3.71. The molecular weight excluding hydrogens is 299 g/mol. The number of nitrogen functional groups attached to an aromatic ring is 2. The molecule has 1 saturated heterocycles. The molecule has 0 amide bonds. The molecule has 0 bridgehead atoms. The average molecular weight is 314 g/mol. The molecule has 0 spiro atoms. The van der Waals surface area contributed by atoms with Crippen molar-refractivity contribution in [2.45, 2.75) is 24.0 Å². The summed E-state index contributed by atoms with van der Waals surface area (Å²) in [6.07, 6.45) is -2.92. The third kappa shape index (κ3) is 1.90. The number of nitrogens with two attached hydrogens (primary N) is 2. The Morgan fingerprint density at radius 2 is 2.14 bits per heavy atom. The van der Waals surface area contributed by atoms with Crippen molar-refractivity contribution in [3.05, 3.63) is 6.33 Å². The van der Waals surface area contributed by atoms with Gasteiger partial charge >= 0.3 is 0 Å². The summed E-state index contributed by atoms with van der Waals surface area (Å²) >= 11 is 0. The molecule has 22 heavy (non-hydrogen) atoms. The van der Waals surface area contributed by atoms with Gasteiger partial charge in [-0.15, -0.1) is 0 Å². The number of halogens is 1. The Balaban J connectivity index is 2.14. The van der Waals surface area contributed by atoms with Crippen LogP contribution in [-0.4, -0.2) is 65.9 Å². The fourth-order valence-electron chi connectivity index (χ4n) is 2.55. The van der Waals surface area contributed by atoms with Gasteiger partial charge in [0, 0.05) is 0 Å². The summed E-state index contributed by atoms with van der Waals surface area (Å²) in [5.74, 6) is -0.116. The van der Waals surface area contributed by atoms with Crippen LogP contribution in [-0.2, 0) is 4.74 Å². The fraction of sp³-hybridized carbons (Fsp3) is 0.545. The Hall–Kier alpha value is -2.08. The second kappa shape index (κ2) is 4.98. The zero-order valence-electron chi connectivity index (χ0n) is 11.3. The van der Waals surface area contributed by atoms with Crippen molar-refractivity contribution in [1.82, 2.24) is 19.5 Å². The van der Waals surface area contributed by atoms with E-state index in [2.05, 4.69) is 15.0 Å². The second-order valence-electron chi connectivity index (χ2n) is 5.07. The molecule has 0 aliphatic carbocycles. The number of aliphatic hydroxyl groups excluding tert-OH is 2. The quantitative estimate of drug-likeness (QED) is 0.428. The molecule has 1 unspecified atom stereocenters. The summed E-state index contributed by atoms with van der Waals surface area (Å²) in [6.45, 7) is -1.89. The van der Waals surface area contributed by atoms with Gasteiger partial charge in [0.1, 0.15) is 24.4 Å². The Labute approximate surface area is 123 Å². The van der Waals surface area contributed by atoms with Crippen molar-refractivity contribution in [2.75, 3.05) is 24.7 Å². The Kier molecular flexibility index (Phi) is 3.36. The number of aliphatic hydroxyl groups is 3. The lowest BCUT2D eigenvalue weighted by Gasteiger charge is -2.28. The highest BCUT2D eigenvalue weighted by molar-refractivity contribution is 5.82. The molecule has 0 radical (unpaired) electrons. The smallest absolute Gasteiger partial charge is 0.224 e. The third-order valence-corrected chi connectivity index (χ3v) is 3.71. The number of ether oxygens (including phenoxy) is 1. The monoisotopic (exact) mass is 314 g/mol. The van der Waals surface area contributed by atoms with E-state index in [9.17, 15) is 19.7 Å². The Morgan fingerprint density at radius 1 is 1.41 bits per heavy atom. The molecule has 2 aromatic heterocycles. The van der Waals surface area contributed by atoms with Crippen molar-refractivity contribution < 1.29 is 24.4 Å². The van der Waals surface area contributed by atoms with Gasteiger partial charge in [-0.2, -0.15) is 9.97 Å². The van der Waals surface area contributed by atoms with E-state index in [0.717, 1.165) is 0 Å². The molecular formula is C11H15FN6O4. The molecule has 2 aromatic rings. The lowest BCUT2D eigenvalue weighted by atomic mass is 9.95. The molecule has 11 heteroatoms. The Morgan fingerprint density at radius 3 is 2.77 bits per heavy atom. The van der Waals surface area contributed by atoms with Crippen molar-refractivity contribution >= 4 is 22.9 Å². The maximum absolute atomic E-state index is 13.4. The van der Waals surface area contributed by atoms with Crippen LogP contribution < -0.4 is 11.5 Å². The zero-order valence-corrected chi connectivity index (χ0v) is 11.3. The second-order valence-corrected chi connectivity index (χ2v) is 5.07. The predicted octanol–water partition coefficient (Wildman–Crippen LogP) is -2.06. The first-order chi connectivity index (χ1) is 10.4. The largest absolute Gasteiger partial charge is 0.394 e. The number of rotatable bonds is 3. The van der Waals surface area contributed by atoms with Gasteiger partial charge in [0.2, 0.25) is 5.95 Å².